The zero-order valence-corrected chi connectivity index (χ0v) is 15.8. The smallest absolute Gasteiger partial charge is 0.222 e. The van der Waals surface area contributed by atoms with Gasteiger partial charge in [-0.25, -0.2) is 15.0 Å². The number of rotatable bonds is 6. The van der Waals surface area contributed by atoms with Crippen LogP contribution in [0.25, 0.3) is 11.2 Å². The Morgan fingerprint density at radius 2 is 1.97 bits per heavy atom. The van der Waals surface area contributed by atoms with Gasteiger partial charge in [0.1, 0.15) is 18.5 Å². The number of benzene rings is 1. The van der Waals surface area contributed by atoms with E-state index in [2.05, 4.69) is 25.6 Å². The molecule has 4 atom stereocenters. The SMILES string of the molecule is CNC(=O)CC1OC(n2cnc3c(NCc4ccccc4)ncnc32)C(O)C1O. The van der Waals surface area contributed by atoms with E-state index >= 15 is 0 Å². The Balaban J connectivity index is 1.57. The van der Waals surface area contributed by atoms with Crippen molar-refractivity contribution in [3.05, 3.63) is 48.5 Å². The average Bonchev–Trinajstić information content (AvgIpc) is 3.29. The van der Waals surface area contributed by atoms with E-state index in [1.54, 1.807) is 4.57 Å². The number of aromatic nitrogens is 4. The summed E-state index contributed by atoms with van der Waals surface area (Å²) in [4.78, 5) is 24.5. The van der Waals surface area contributed by atoms with Gasteiger partial charge >= 0.3 is 0 Å². The van der Waals surface area contributed by atoms with Crippen LogP contribution in [0.3, 0.4) is 0 Å². The summed E-state index contributed by atoms with van der Waals surface area (Å²) in [7, 11) is 1.50. The minimum Gasteiger partial charge on any atom is -0.388 e. The van der Waals surface area contributed by atoms with Crippen LogP contribution in [0.15, 0.2) is 43.0 Å². The van der Waals surface area contributed by atoms with Crippen molar-refractivity contribution in [2.45, 2.75) is 37.5 Å². The third kappa shape index (κ3) is 3.77. The lowest BCUT2D eigenvalue weighted by molar-refractivity contribution is -0.125. The molecular formula is C19H22N6O4. The van der Waals surface area contributed by atoms with E-state index < -0.39 is 24.5 Å². The summed E-state index contributed by atoms with van der Waals surface area (Å²) in [5.74, 6) is 0.264. The molecule has 4 unspecified atom stereocenters. The van der Waals surface area contributed by atoms with Crippen LogP contribution in [0.5, 0.6) is 0 Å². The van der Waals surface area contributed by atoms with Gasteiger partial charge in [-0.15, -0.1) is 0 Å². The molecule has 3 aromatic rings. The Morgan fingerprint density at radius 1 is 1.17 bits per heavy atom. The summed E-state index contributed by atoms with van der Waals surface area (Å²) in [6.07, 6.45) is -1.35. The van der Waals surface area contributed by atoms with E-state index in [1.165, 1.54) is 19.7 Å². The highest BCUT2D eigenvalue weighted by molar-refractivity contribution is 5.82. The maximum atomic E-state index is 11.6. The van der Waals surface area contributed by atoms with Crippen LogP contribution in [-0.2, 0) is 16.1 Å². The van der Waals surface area contributed by atoms with Gasteiger partial charge < -0.3 is 25.6 Å². The molecule has 152 valence electrons. The fourth-order valence-corrected chi connectivity index (χ4v) is 3.36. The number of hydrogen-bond acceptors (Lipinski definition) is 8. The highest BCUT2D eigenvalue weighted by atomic mass is 16.6. The molecule has 1 saturated heterocycles. The van der Waals surface area contributed by atoms with Crippen molar-refractivity contribution >= 4 is 22.9 Å². The first-order valence-electron chi connectivity index (χ1n) is 9.26. The number of nitrogens with one attached hydrogen (secondary N) is 2. The predicted octanol–water partition coefficient (Wildman–Crippen LogP) is 0.194. The molecule has 2 aromatic heterocycles. The summed E-state index contributed by atoms with van der Waals surface area (Å²) in [6, 6.07) is 9.87. The molecule has 0 radical (unpaired) electrons. The first-order chi connectivity index (χ1) is 14.1. The standard InChI is InChI=1S/C19H22N6O4/c1-20-13(26)7-12-15(27)16(28)19(29-12)25-10-24-14-17(22-9-23-18(14)25)21-8-11-5-3-2-4-6-11/h2-6,9-10,12,15-16,19,27-28H,7-8H2,1H3,(H,20,26)(H,21,22,23). The largest absolute Gasteiger partial charge is 0.388 e. The van der Waals surface area contributed by atoms with E-state index in [-0.39, 0.29) is 12.3 Å². The van der Waals surface area contributed by atoms with Crippen molar-refractivity contribution in [2.75, 3.05) is 12.4 Å². The second-order valence-corrected chi connectivity index (χ2v) is 6.81. The van der Waals surface area contributed by atoms with Gasteiger partial charge in [-0.05, 0) is 5.56 Å². The number of imidazole rings is 1. The van der Waals surface area contributed by atoms with Gasteiger partial charge in [0.25, 0.3) is 0 Å². The Hall–Kier alpha value is -3.08. The van der Waals surface area contributed by atoms with Gasteiger partial charge in [-0.1, -0.05) is 30.3 Å². The molecule has 0 spiro atoms. The molecule has 29 heavy (non-hydrogen) atoms. The lowest BCUT2D eigenvalue weighted by Gasteiger charge is -2.16. The second-order valence-electron chi connectivity index (χ2n) is 6.81. The van der Waals surface area contributed by atoms with Crippen LogP contribution in [0.2, 0.25) is 0 Å². The van der Waals surface area contributed by atoms with Crippen molar-refractivity contribution in [3.63, 3.8) is 0 Å². The summed E-state index contributed by atoms with van der Waals surface area (Å²) in [5, 5.41) is 26.4. The van der Waals surface area contributed by atoms with Gasteiger partial charge in [-0.3, -0.25) is 9.36 Å². The van der Waals surface area contributed by atoms with Gasteiger partial charge in [0.05, 0.1) is 18.9 Å². The number of aliphatic hydroxyl groups is 2. The maximum absolute atomic E-state index is 11.6. The molecule has 0 bridgehead atoms. The van der Waals surface area contributed by atoms with Crippen LogP contribution >= 0.6 is 0 Å². The topological polar surface area (TPSA) is 134 Å². The summed E-state index contributed by atoms with van der Waals surface area (Å²) in [6.45, 7) is 0.565. The number of amides is 1. The number of anilines is 1. The Morgan fingerprint density at radius 3 is 2.72 bits per heavy atom. The number of aliphatic hydroxyl groups excluding tert-OH is 2. The number of carbonyl (C=O) groups excluding carboxylic acids is 1. The van der Waals surface area contributed by atoms with Crippen molar-refractivity contribution in [1.29, 1.82) is 0 Å². The van der Waals surface area contributed by atoms with Crippen LogP contribution < -0.4 is 10.6 Å². The third-order valence-electron chi connectivity index (χ3n) is 4.94. The van der Waals surface area contributed by atoms with Crippen molar-refractivity contribution < 1.29 is 19.7 Å². The first-order valence-corrected chi connectivity index (χ1v) is 9.26. The molecule has 0 saturated carbocycles. The molecule has 1 aromatic carbocycles. The summed E-state index contributed by atoms with van der Waals surface area (Å²) < 4.78 is 7.31. The summed E-state index contributed by atoms with van der Waals surface area (Å²) >= 11 is 0. The third-order valence-corrected chi connectivity index (χ3v) is 4.94. The molecular weight excluding hydrogens is 376 g/mol. The van der Waals surface area contributed by atoms with Gasteiger partial charge in [0, 0.05) is 13.6 Å². The molecule has 10 heteroatoms. The minimum absolute atomic E-state index is 0.0588. The van der Waals surface area contributed by atoms with E-state index in [1.807, 2.05) is 30.3 Å². The average molecular weight is 398 g/mol. The lowest BCUT2D eigenvalue weighted by Crippen LogP contribution is -2.34. The highest BCUT2D eigenvalue weighted by Gasteiger charge is 2.45. The van der Waals surface area contributed by atoms with Gasteiger partial charge in [-0.2, -0.15) is 0 Å². The van der Waals surface area contributed by atoms with Crippen LogP contribution in [0, 0.1) is 0 Å². The second kappa shape index (κ2) is 8.11. The molecule has 10 nitrogen and oxygen atoms in total. The molecule has 4 N–H and O–H groups in total. The molecule has 1 fully saturated rings. The lowest BCUT2D eigenvalue weighted by atomic mass is 10.1. The monoisotopic (exact) mass is 398 g/mol. The quantitative estimate of drug-likeness (QED) is 0.462. The molecule has 3 heterocycles. The molecule has 0 aliphatic carbocycles. The number of fused-ring (bicyclic) bond motifs is 1. The van der Waals surface area contributed by atoms with E-state index in [0.717, 1.165) is 5.56 Å². The molecule has 1 amide bonds. The Bertz CT molecular complexity index is 995. The van der Waals surface area contributed by atoms with Crippen molar-refractivity contribution in [2.24, 2.45) is 0 Å². The van der Waals surface area contributed by atoms with Crippen LogP contribution in [0.4, 0.5) is 5.82 Å². The number of nitrogens with zero attached hydrogens (tertiary/aromatic N) is 4. The van der Waals surface area contributed by atoms with Crippen LogP contribution in [0.1, 0.15) is 18.2 Å². The molecule has 4 rings (SSSR count). The van der Waals surface area contributed by atoms with E-state index in [4.69, 9.17) is 4.74 Å². The van der Waals surface area contributed by atoms with Crippen molar-refractivity contribution in [3.8, 4) is 0 Å². The number of carbonyl (C=O) groups is 1. The number of ether oxygens (including phenoxy) is 1. The maximum Gasteiger partial charge on any atom is 0.222 e. The molecule has 1 aliphatic rings. The fraction of sp³-hybridized carbons (Fsp3) is 0.368. The molecule has 1 aliphatic heterocycles. The predicted molar refractivity (Wildman–Crippen MR) is 104 cm³/mol. The Labute approximate surface area is 166 Å². The van der Waals surface area contributed by atoms with E-state index in [9.17, 15) is 15.0 Å². The zero-order chi connectivity index (χ0) is 20.4. The zero-order valence-electron chi connectivity index (χ0n) is 15.8. The Kier molecular flexibility index (Phi) is 5.38. The van der Waals surface area contributed by atoms with Crippen molar-refractivity contribution in [1.82, 2.24) is 24.8 Å². The van der Waals surface area contributed by atoms with E-state index in [0.29, 0.717) is 23.5 Å². The highest BCUT2D eigenvalue weighted by Crippen LogP contribution is 2.33. The van der Waals surface area contributed by atoms with Gasteiger partial charge in [0.2, 0.25) is 5.91 Å². The number of hydrogen-bond donors (Lipinski definition) is 4. The fourth-order valence-electron chi connectivity index (χ4n) is 3.36. The minimum atomic E-state index is -1.22. The summed E-state index contributed by atoms with van der Waals surface area (Å²) in [5.41, 5.74) is 2.06. The van der Waals surface area contributed by atoms with Crippen LogP contribution in [-0.4, -0.2) is 61.0 Å². The first kappa shape index (κ1) is 19.2. The van der Waals surface area contributed by atoms with Gasteiger partial charge in [0.15, 0.2) is 23.2 Å². The normalized spacial score (nSPS) is 24.0.